The topological polar surface area (TPSA) is 74.7 Å². The third-order valence-electron chi connectivity index (χ3n) is 5.66. The van der Waals surface area contributed by atoms with Gasteiger partial charge in [0.2, 0.25) is 0 Å². The van der Waals surface area contributed by atoms with E-state index in [2.05, 4.69) is 48.5 Å². The standard InChI is InChI=1S/C23H26BrClN6O2/c1-29-8-10-31(11-9-29)20-12-15(25)4-6-19(20)28-23(32)27-16-5-7-21(33-3)17(13-16)22-18(24)14-26-30(22)2/h4-7,12-14H,8-11H2,1-3H3,(H2,27,28,32). The van der Waals surface area contributed by atoms with E-state index in [0.717, 1.165) is 47.6 Å². The number of ether oxygens (including phenoxy) is 1. The van der Waals surface area contributed by atoms with E-state index < -0.39 is 0 Å². The van der Waals surface area contributed by atoms with Gasteiger partial charge in [0.15, 0.2) is 0 Å². The van der Waals surface area contributed by atoms with Crippen molar-refractivity contribution >= 4 is 50.6 Å². The molecular weight excluding hydrogens is 508 g/mol. The van der Waals surface area contributed by atoms with Crippen molar-refractivity contribution in [3.63, 3.8) is 0 Å². The van der Waals surface area contributed by atoms with E-state index in [0.29, 0.717) is 22.1 Å². The Labute approximate surface area is 206 Å². The van der Waals surface area contributed by atoms with Crippen LogP contribution in [-0.2, 0) is 7.05 Å². The van der Waals surface area contributed by atoms with E-state index in [1.165, 1.54) is 0 Å². The number of benzene rings is 2. The van der Waals surface area contributed by atoms with Gasteiger partial charge in [-0.2, -0.15) is 5.10 Å². The zero-order chi connectivity index (χ0) is 23.5. The number of anilines is 3. The molecule has 8 nitrogen and oxygen atoms in total. The van der Waals surface area contributed by atoms with Crippen molar-refractivity contribution in [3.8, 4) is 17.0 Å². The molecule has 1 aromatic heterocycles. The number of piperazine rings is 1. The van der Waals surface area contributed by atoms with Gasteiger partial charge in [0.25, 0.3) is 0 Å². The molecule has 2 heterocycles. The fraction of sp³-hybridized carbons (Fsp3) is 0.304. The monoisotopic (exact) mass is 532 g/mol. The highest BCUT2D eigenvalue weighted by Crippen LogP contribution is 2.36. The van der Waals surface area contributed by atoms with E-state index in [1.807, 2.05) is 31.3 Å². The molecule has 33 heavy (non-hydrogen) atoms. The van der Waals surface area contributed by atoms with Gasteiger partial charge in [0.1, 0.15) is 5.75 Å². The molecule has 1 fully saturated rings. The zero-order valence-electron chi connectivity index (χ0n) is 18.7. The van der Waals surface area contributed by atoms with Crippen molar-refractivity contribution in [3.05, 3.63) is 52.1 Å². The summed E-state index contributed by atoms with van der Waals surface area (Å²) in [6.07, 6.45) is 1.72. The molecule has 0 atom stereocenters. The molecule has 0 radical (unpaired) electrons. The summed E-state index contributed by atoms with van der Waals surface area (Å²) in [6.45, 7) is 3.65. The Bertz CT molecular complexity index is 1140. The first-order valence-electron chi connectivity index (χ1n) is 10.5. The van der Waals surface area contributed by atoms with Gasteiger partial charge in [-0.25, -0.2) is 4.79 Å². The first-order chi connectivity index (χ1) is 15.9. The lowest BCUT2D eigenvalue weighted by atomic mass is 10.1. The number of hydrogen-bond acceptors (Lipinski definition) is 5. The zero-order valence-corrected chi connectivity index (χ0v) is 21.1. The highest BCUT2D eigenvalue weighted by molar-refractivity contribution is 9.10. The Morgan fingerprint density at radius 3 is 2.52 bits per heavy atom. The molecule has 3 aromatic rings. The highest BCUT2D eigenvalue weighted by Gasteiger charge is 2.19. The van der Waals surface area contributed by atoms with Crippen molar-refractivity contribution in [1.82, 2.24) is 14.7 Å². The molecule has 2 N–H and O–H groups in total. The molecule has 1 saturated heterocycles. The molecule has 10 heteroatoms. The van der Waals surface area contributed by atoms with Gasteiger partial charge < -0.3 is 25.2 Å². The molecule has 1 aliphatic rings. The van der Waals surface area contributed by atoms with Gasteiger partial charge in [-0.3, -0.25) is 4.68 Å². The van der Waals surface area contributed by atoms with Crippen LogP contribution >= 0.6 is 27.5 Å². The van der Waals surface area contributed by atoms with Crippen molar-refractivity contribution in [2.45, 2.75) is 0 Å². The average molecular weight is 534 g/mol. The van der Waals surface area contributed by atoms with E-state index in [9.17, 15) is 4.79 Å². The number of hydrogen-bond donors (Lipinski definition) is 2. The summed E-state index contributed by atoms with van der Waals surface area (Å²) in [4.78, 5) is 17.4. The molecule has 2 amide bonds. The maximum Gasteiger partial charge on any atom is 0.323 e. The summed E-state index contributed by atoms with van der Waals surface area (Å²) in [6, 6.07) is 10.7. The van der Waals surface area contributed by atoms with Gasteiger partial charge in [-0.15, -0.1) is 0 Å². The third kappa shape index (κ3) is 5.26. The van der Waals surface area contributed by atoms with Crippen LogP contribution in [0, 0.1) is 0 Å². The normalized spacial score (nSPS) is 14.3. The van der Waals surface area contributed by atoms with Crippen molar-refractivity contribution in [1.29, 1.82) is 0 Å². The number of amides is 2. The van der Waals surface area contributed by atoms with Crippen molar-refractivity contribution in [2.75, 3.05) is 55.9 Å². The molecule has 1 aliphatic heterocycles. The quantitative estimate of drug-likeness (QED) is 0.488. The Balaban J connectivity index is 1.55. The Morgan fingerprint density at radius 1 is 1.09 bits per heavy atom. The second-order valence-corrected chi connectivity index (χ2v) is 9.20. The van der Waals surface area contributed by atoms with Crippen LogP contribution in [0.5, 0.6) is 5.75 Å². The van der Waals surface area contributed by atoms with Gasteiger partial charge in [-0.1, -0.05) is 11.6 Å². The number of aryl methyl sites for hydroxylation is 1. The molecular formula is C23H26BrClN6O2. The summed E-state index contributed by atoms with van der Waals surface area (Å²) in [5.74, 6) is 0.681. The van der Waals surface area contributed by atoms with Gasteiger partial charge in [0.05, 0.1) is 34.8 Å². The Kier molecular flexibility index (Phi) is 7.11. The minimum atomic E-state index is -0.340. The Morgan fingerprint density at radius 2 is 1.85 bits per heavy atom. The molecule has 0 aliphatic carbocycles. The van der Waals surface area contributed by atoms with Gasteiger partial charge >= 0.3 is 6.03 Å². The van der Waals surface area contributed by atoms with E-state index in [-0.39, 0.29) is 6.03 Å². The number of carbonyl (C=O) groups is 1. The lowest BCUT2D eigenvalue weighted by molar-refractivity contribution is 0.262. The summed E-state index contributed by atoms with van der Waals surface area (Å²) in [5, 5.41) is 10.8. The lowest BCUT2D eigenvalue weighted by Crippen LogP contribution is -2.44. The van der Waals surface area contributed by atoms with Crippen molar-refractivity contribution < 1.29 is 9.53 Å². The second kappa shape index (κ2) is 10.0. The number of nitrogens with one attached hydrogen (secondary N) is 2. The number of methoxy groups -OCH3 is 1. The summed E-state index contributed by atoms with van der Waals surface area (Å²) >= 11 is 9.80. The summed E-state index contributed by atoms with van der Waals surface area (Å²) in [7, 11) is 5.57. The van der Waals surface area contributed by atoms with E-state index in [1.54, 1.807) is 30.1 Å². The SMILES string of the molecule is COc1ccc(NC(=O)Nc2ccc(Cl)cc2N2CCN(C)CC2)cc1-c1c(Br)cnn1C. The largest absolute Gasteiger partial charge is 0.496 e. The molecule has 0 unspecified atom stereocenters. The minimum Gasteiger partial charge on any atom is -0.496 e. The van der Waals surface area contributed by atoms with Crippen LogP contribution in [0.1, 0.15) is 0 Å². The van der Waals surface area contributed by atoms with Crippen LogP contribution in [0.3, 0.4) is 0 Å². The first-order valence-corrected chi connectivity index (χ1v) is 11.7. The van der Waals surface area contributed by atoms with Crippen LogP contribution in [0.4, 0.5) is 21.9 Å². The van der Waals surface area contributed by atoms with Gasteiger partial charge in [0, 0.05) is 49.5 Å². The molecule has 2 aromatic carbocycles. The lowest BCUT2D eigenvalue weighted by Gasteiger charge is -2.35. The number of nitrogens with zero attached hydrogens (tertiary/aromatic N) is 4. The van der Waals surface area contributed by atoms with Crippen LogP contribution < -0.4 is 20.3 Å². The predicted molar refractivity (Wildman–Crippen MR) is 137 cm³/mol. The fourth-order valence-corrected chi connectivity index (χ4v) is 4.62. The smallest absolute Gasteiger partial charge is 0.323 e. The minimum absolute atomic E-state index is 0.340. The maximum absolute atomic E-state index is 12.9. The molecule has 174 valence electrons. The van der Waals surface area contributed by atoms with Gasteiger partial charge in [-0.05, 0) is 59.4 Å². The third-order valence-corrected chi connectivity index (χ3v) is 6.47. The van der Waals surface area contributed by atoms with Crippen LogP contribution in [-0.4, -0.2) is 61.0 Å². The second-order valence-electron chi connectivity index (χ2n) is 7.91. The fourth-order valence-electron chi connectivity index (χ4n) is 3.89. The maximum atomic E-state index is 12.9. The molecule has 0 saturated carbocycles. The number of carbonyl (C=O) groups excluding carboxylic acids is 1. The molecule has 4 rings (SSSR count). The number of rotatable bonds is 5. The van der Waals surface area contributed by atoms with E-state index >= 15 is 0 Å². The first kappa shape index (κ1) is 23.4. The summed E-state index contributed by atoms with van der Waals surface area (Å²) < 4.78 is 8.11. The Hall–Kier alpha value is -2.75. The highest BCUT2D eigenvalue weighted by atomic mass is 79.9. The molecule has 0 bridgehead atoms. The number of likely N-dealkylation sites (N-methyl/N-ethyl adjacent to an activating group) is 1. The van der Waals surface area contributed by atoms with Crippen LogP contribution in [0.25, 0.3) is 11.3 Å². The average Bonchev–Trinajstić information content (AvgIpc) is 3.13. The molecule has 0 spiro atoms. The number of urea groups is 1. The van der Waals surface area contributed by atoms with E-state index in [4.69, 9.17) is 16.3 Å². The van der Waals surface area contributed by atoms with Crippen LogP contribution in [0.2, 0.25) is 5.02 Å². The summed E-state index contributed by atoms with van der Waals surface area (Å²) in [5.41, 5.74) is 3.92. The predicted octanol–water partition coefficient (Wildman–Crippen LogP) is 4.91. The van der Waals surface area contributed by atoms with Crippen molar-refractivity contribution in [2.24, 2.45) is 7.05 Å². The number of halogens is 2. The number of aromatic nitrogens is 2. The van der Waals surface area contributed by atoms with Crippen LogP contribution in [0.15, 0.2) is 47.1 Å².